The lowest BCUT2D eigenvalue weighted by Crippen LogP contribution is -2.49. The summed E-state index contributed by atoms with van der Waals surface area (Å²) in [7, 11) is 0. The zero-order chi connectivity index (χ0) is 16.8. The molecule has 2 atom stereocenters. The summed E-state index contributed by atoms with van der Waals surface area (Å²) in [6.07, 6.45) is 2.00. The Kier molecular flexibility index (Phi) is 6.28. The van der Waals surface area contributed by atoms with E-state index in [1.807, 2.05) is 30.9 Å². The zero-order valence-electron chi connectivity index (χ0n) is 14.4. The highest BCUT2D eigenvalue weighted by Crippen LogP contribution is 2.30. The van der Waals surface area contributed by atoms with Gasteiger partial charge in [-0.2, -0.15) is 0 Å². The second-order valence-corrected chi connectivity index (χ2v) is 6.05. The number of rotatable bonds is 6. The molecule has 1 aromatic rings. The molecule has 0 bridgehead atoms. The number of ether oxygens (including phenoxy) is 2. The molecular weight excluding hydrogens is 292 g/mol. The van der Waals surface area contributed by atoms with E-state index in [1.54, 1.807) is 6.07 Å². The number of hydrogen-bond acceptors (Lipinski definition) is 4. The zero-order valence-corrected chi connectivity index (χ0v) is 14.4. The van der Waals surface area contributed by atoms with E-state index in [9.17, 15) is 4.79 Å². The maximum atomic E-state index is 12.9. The minimum atomic E-state index is 0.0244. The lowest BCUT2D eigenvalue weighted by molar-refractivity contribution is 0.0573. The smallest absolute Gasteiger partial charge is 0.254 e. The van der Waals surface area contributed by atoms with Gasteiger partial charge in [0, 0.05) is 24.7 Å². The van der Waals surface area contributed by atoms with Gasteiger partial charge in [-0.25, -0.2) is 0 Å². The summed E-state index contributed by atoms with van der Waals surface area (Å²) >= 11 is 0. The van der Waals surface area contributed by atoms with E-state index in [0.29, 0.717) is 42.7 Å². The van der Waals surface area contributed by atoms with Crippen LogP contribution in [0.15, 0.2) is 18.2 Å². The summed E-state index contributed by atoms with van der Waals surface area (Å²) in [5, 5.41) is 0. The predicted octanol–water partition coefficient (Wildman–Crippen LogP) is 2.68. The number of likely N-dealkylation sites (tertiary alicyclic amines) is 1. The minimum absolute atomic E-state index is 0.0244. The lowest BCUT2D eigenvalue weighted by Gasteiger charge is -2.38. The molecule has 0 aromatic heterocycles. The van der Waals surface area contributed by atoms with Crippen molar-refractivity contribution in [3.05, 3.63) is 23.8 Å². The molecular formula is C18H28N2O3. The van der Waals surface area contributed by atoms with Crippen LogP contribution in [0.3, 0.4) is 0 Å². The van der Waals surface area contributed by atoms with Gasteiger partial charge in [0.15, 0.2) is 11.5 Å². The van der Waals surface area contributed by atoms with E-state index in [4.69, 9.17) is 15.2 Å². The molecule has 0 saturated carbocycles. The van der Waals surface area contributed by atoms with Gasteiger partial charge in [0.05, 0.1) is 13.2 Å². The quantitative estimate of drug-likeness (QED) is 0.875. The van der Waals surface area contributed by atoms with E-state index in [1.165, 1.54) is 0 Å². The summed E-state index contributed by atoms with van der Waals surface area (Å²) in [6.45, 7) is 8.42. The summed E-state index contributed by atoms with van der Waals surface area (Å²) in [5.41, 5.74) is 6.50. The third-order valence-electron chi connectivity index (χ3n) is 4.30. The second-order valence-electron chi connectivity index (χ2n) is 6.05. The lowest BCUT2D eigenvalue weighted by atomic mass is 9.92. The van der Waals surface area contributed by atoms with Crippen LogP contribution in [0.5, 0.6) is 11.5 Å². The fraction of sp³-hybridized carbons (Fsp3) is 0.611. The van der Waals surface area contributed by atoms with Gasteiger partial charge in [0.1, 0.15) is 0 Å². The number of carbonyl (C=O) groups excluding carboxylic acids is 1. The largest absolute Gasteiger partial charge is 0.490 e. The van der Waals surface area contributed by atoms with Crippen LogP contribution in [0.1, 0.15) is 44.0 Å². The molecule has 5 heteroatoms. The van der Waals surface area contributed by atoms with Crippen molar-refractivity contribution < 1.29 is 14.3 Å². The predicted molar refractivity (Wildman–Crippen MR) is 91.1 cm³/mol. The molecule has 1 aromatic carbocycles. The highest BCUT2D eigenvalue weighted by Gasteiger charge is 2.29. The second kappa shape index (κ2) is 8.20. The SMILES string of the molecule is CCOc1ccc(C(=O)N2CCC(C)CC2CN)cc1OCC. The van der Waals surface area contributed by atoms with E-state index in [-0.39, 0.29) is 11.9 Å². The third kappa shape index (κ3) is 4.16. The van der Waals surface area contributed by atoms with Crippen LogP contribution in [-0.4, -0.2) is 43.2 Å². The van der Waals surface area contributed by atoms with Crippen LogP contribution in [-0.2, 0) is 0 Å². The number of amides is 1. The first kappa shape index (κ1) is 17.6. The number of nitrogens with two attached hydrogens (primary N) is 1. The maximum absolute atomic E-state index is 12.9. The van der Waals surface area contributed by atoms with Crippen molar-refractivity contribution in [2.45, 2.75) is 39.7 Å². The molecule has 128 valence electrons. The minimum Gasteiger partial charge on any atom is -0.490 e. The number of nitrogens with zero attached hydrogens (tertiary/aromatic N) is 1. The molecule has 1 aliphatic heterocycles. The molecule has 1 saturated heterocycles. The van der Waals surface area contributed by atoms with E-state index in [0.717, 1.165) is 19.4 Å². The first-order chi connectivity index (χ1) is 11.1. The van der Waals surface area contributed by atoms with Gasteiger partial charge in [-0.1, -0.05) is 6.92 Å². The van der Waals surface area contributed by atoms with Crippen LogP contribution in [0.25, 0.3) is 0 Å². The molecule has 5 nitrogen and oxygen atoms in total. The summed E-state index contributed by atoms with van der Waals surface area (Å²) in [6, 6.07) is 5.52. The van der Waals surface area contributed by atoms with Crippen LogP contribution in [0, 0.1) is 5.92 Å². The van der Waals surface area contributed by atoms with Crippen molar-refractivity contribution in [1.29, 1.82) is 0 Å². The van der Waals surface area contributed by atoms with E-state index >= 15 is 0 Å². The molecule has 2 N–H and O–H groups in total. The summed E-state index contributed by atoms with van der Waals surface area (Å²) in [4.78, 5) is 14.8. The standard InChI is InChI=1S/C18H28N2O3/c1-4-22-16-7-6-14(11-17(16)23-5-2)18(21)20-9-8-13(3)10-15(20)12-19/h6-7,11,13,15H,4-5,8-10,12,19H2,1-3H3. The Labute approximate surface area is 138 Å². The Bertz CT molecular complexity index is 533. The van der Waals surface area contributed by atoms with Gasteiger partial charge in [0.2, 0.25) is 0 Å². The molecule has 1 fully saturated rings. The first-order valence-corrected chi connectivity index (χ1v) is 8.51. The fourth-order valence-corrected chi connectivity index (χ4v) is 3.09. The number of piperidine rings is 1. The van der Waals surface area contributed by atoms with Gasteiger partial charge in [-0.15, -0.1) is 0 Å². The van der Waals surface area contributed by atoms with Crippen molar-refractivity contribution in [2.75, 3.05) is 26.3 Å². The highest BCUT2D eigenvalue weighted by molar-refractivity contribution is 5.95. The van der Waals surface area contributed by atoms with Crippen LogP contribution in [0.4, 0.5) is 0 Å². The topological polar surface area (TPSA) is 64.8 Å². The number of benzene rings is 1. The Balaban J connectivity index is 2.22. The normalized spacial score (nSPS) is 21.1. The summed E-state index contributed by atoms with van der Waals surface area (Å²) < 4.78 is 11.2. The molecule has 0 radical (unpaired) electrons. The Hall–Kier alpha value is -1.75. The van der Waals surface area contributed by atoms with E-state index < -0.39 is 0 Å². The monoisotopic (exact) mass is 320 g/mol. The molecule has 1 amide bonds. The molecule has 2 unspecified atom stereocenters. The van der Waals surface area contributed by atoms with Crippen molar-refractivity contribution in [1.82, 2.24) is 4.90 Å². The fourth-order valence-electron chi connectivity index (χ4n) is 3.09. The first-order valence-electron chi connectivity index (χ1n) is 8.51. The summed E-state index contributed by atoms with van der Waals surface area (Å²) in [5.74, 6) is 1.94. The van der Waals surface area contributed by atoms with Gasteiger partial charge in [-0.05, 0) is 50.8 Å². The third-order valence-corrected chi connectivity index (χ3v) is 4.30. The van der Waals surface area contributed by atoms with Gasteiger partial charge >= 0.3 is 0 Å². The van der Waals surface area contributed by atoms with Gasteiger partial charge in [0.25, 0.3) is 5.91 Å². The van der Waals surface area contributed by atoms with Crippen LogP contribution < -0.4 is 15.2 Å². The molecule has 23 heavy (non-hydrogen) atoms. The Morgan fingerprint density at radius 2 is 1.96 bits per heavy atom. The molecule has 2 rings (SSSR count). The average Bonchev–Trinajstić information content (AvgIpc) is 2.56. The van der Waals surface area contributed by atoms with Crippen molar-refractivity contribution in [2.24, 2.45) is 11.7 Å². The van der Waals surface area contributed by atoms with E-state index in [2.05, 4.69) is 6.92 Å². The van der Waals surface area contributed by atoms with Crippen molar-refractivity contribution >= 4 is 5.91 Å². The number of hydrogen-bond donors (Lipinski definition) is 1. The molecule has 1 aliphatic rings. The average molecular weight is 320 g/mol. The van der Waals surface area contributed by atoms with Gasteiger partial charge in [-0.3, -0.25) is 4.79 Å². The molecule has 0 spiro atoms. The maximum Gasteiger partial charge on any atom is 0.254 e. The van der Waals surface area contributed by atoms with Crippen molar-refractivity contribution in [3.8, 4) is 11.5 Å². The Morgan fingerprint density at radius 3 is 2.61 bits per heavy atom. The van der Waals surface area contributed by atoms with Crippen LogP contribution >= 0.6 is 0 Å². The van der Waals surface area contributed by atoms with Crippen molar-refractivity contribution in [3.63, 3.8) is 0 Å². The van der Waals surface area contributed by atoms with Crippen LogP contribution in [0.2, 0.25) is 0 Å². The molecule has 0 aliphatic carbocycles. The number of carbonyl (C=O) groups is 1. The van der Waals surface area contributed by atoms with Gasteiger partial charge < -0.3 is 20.1 Å². The molecule has 1 heterocycles. The Morgan fingerprint density at radius 1 is 1.26 bits per heavy atom. The highest BCUT2D eigenvalue weighted by atomic mass is 16.5.